The zero-order valence-corrected chi connectivity index (χ0v) is 13.4. The number of rotatable bonds is 6. The van der Waals surface area contributed by atoms with Crippen LogP contribution in [0.25, 0.3) is 0 Å². The molecule has 0 spiro atoms. The van der Waals surface area contributed by atoms with Gasteiger partial charge < -0.3 is 15.5 Å². The molecule has 0 bridgehead atoms. The molecule has 1 saturated carbocycles. The maximum atomic E-state index is 11.5. The number of nitrogens with zero attached hydrogens (tertiary/aromatic N) is 1. The highest BCUT2D eigenvalue weighted by Crippen LogP contribution is 2.16. The normalized spacial score (nSPS) is 15.9. The van der Waals surface area contributed by atoms with Crippen molar-refractivity contribution in [3.05, 3.63) is 0 Å². The van der Waals surface area contributed by atoms with Gasteiger partial charge in [-0.15, -0.1) is 12.4 Å². The number of carbonyl (C=O) groups is 2. The summed E-state index contributed by atoms with van der Waals surface area (Å²) >= 11 is 0. The van der Waals surface area contributed by atoms with Crippen LogP contribution in [0.15, 0.2) is 0 Å². The van der Waals surface area contributed by atoms with Gasteiger partial charge >= 0.3 is 0 Å². The number of carbonyl (C=O) groups excluding carboxylic acids is 2. The van der Waals surface area contributed by atoms with Gasteiger partial charge in [-0.2, -0.15) is 0 Å². The molecular weight excluding hydrogens is 278 g/mol. The summed E-state index contributed by atoms with van der Waals surface area (Å²) in [6.45, 7) is 3.03. The molecule has 0 unspecified atom stereocenters. The van der Waals surface area contributed by atoms with E-state index in [4.69, 9.17) is 0 Å². The number of nitrogens with one attached hydrogen (secondary N) is 2. The smallest absolute Gasteiger partial charge is 0.239 e. The summed E-state index contributed by atoms with van der Waals surface area (Å²) in [7, 11) is 1.63. The Balaban J connectivity index is 0.00000361. The minimum Gasteiger partial charge on any atom is -0.353 e. The highest BCUT2D eigenvalue weighted by Gasteiger charge is 2.11. The van der Waals surface area contributed by atoms with Crippen LogP contribution in [0.1, 0.15) is 45.4 Å². The molecule has 118 valence electrons. The predicted molar refractivity (Wildman–Crippen MR) is 83.1 cm³/mol. The summed E-state index contributed by atoms with van der Waals surface area (Å²) in [5.74, 6) is -0.188. The van der Waals surface area contributed by atoms with Crippen molar-refractivity contribution in [2.75, 3.05) is 26.7 Å². The Labute approximate surface area is 128 Å². The van der Waals surface area contributed by atoms with Crippen molar-refractivity contribution >= 4 is 24.2 Å². The van der Waals surface area contributed by atoms with Crippen molar-refractivity contribution in [1.82, 2.24) is 15.5 Å². The van der Waals surface area contributed by atoms with E-state index in [0.29, 0.717) is 12.6 Å². The maximum Gasteiger partial charge on any atom is 0.239 e. The molecular formula is C14H28ClN3O2. The van der Waals surface area contributed by atoms with E-state index in [0.717, 1.165) is 6.54 Å². The fraction of sp³-hybridized carbons (Fsp3) is 0.857. The number of halogens is 1. The Morgan fingerprint density at radius 2 is 1.70 bits per heavy atom. The average molecular weight is 306 g/mol. The number of hydrogen-bond donors (Lipinski definition) is 2. The fourth-order valence-corrected chi connectivity index (χ4v) is 2.34. The first-order valence-corrected chi connectivity index (χ1v) is 7.31. The van der Waals surface area contributed by atoms with Gasteiger partial charge in [-0.25, -0.2) is 0 Å². The monoisotopic (exact) mass is 305 g/mol. The molecule has 1 aliphatic carbocycles. The van der Waals surface area contributed by atoms with E-state index in [1.165, 1.54) is 50.3 Å². The standard InChI is InChI=1S/C14H27N3O2.ClH/c1-12(18)17(2)11-14(19)16-10-9-15-13-7-5-3-4-6-8-13;/h13,15H,3-11H2,1-2H3,(H,16,19);1H. The third-order valence-electron chi connectivity index (χ3n) is 3.65. The van der Waals surface area contributed by atoms with Gasteiger partial charge in [-0.3, -0.25) is 9.59 Å². The average Bonchev–Trinajstić information content (AvgIpc) is 2.63. The predicted octanol–water partition coefficient (Wildman–Crippen LogP) is 1.32. The van der Waals surface area contributed by atoms with Crippen molar-refractivity contribution in [3.8, 4) is 0 Å². The molecule has 0 aromatic carbocycles. The fourth-order valence-electron chi connectivity index (χ4n) is 2.34. The zero-order chi connectivity index (χ0) is 14.1. The molecule has 0 atom stereocenters. The Morgan fingerprint density at radius 3 is 2.25 bits per heavy atom. The first-order valence-electron chi connectivity index (χ1n) is 7.31. The molecule has 2 amide bonds. The molecule has 6 heteroatoms. The summed E-state index contributed by atoms with van der Waals surface area (Å²) in [6, 6.07) is 0.610. The minimum atomic E-state index is -0.0969. The van der Waals surface area contributed by atoms with Crippen LogP contribution in [0, 0.1) is 0 Å². The molecule has 20 heavy (non-hydrogen) atoms. The molecule has 0 radical (unpaired) electrons. The second-order valence-corrected chi connectivity index (χ2v) is 5.37. The highest BCUT2D eigenvalue weighted by molar-refractivity contribution is 5.85. The highest BCUT2D eigenvalue weighted by atomic mass is 35.5. The lowest BCUT2D eigenvalue weighted by Crippen LogP contribution is -2.41. The Kier molecular flexibility index (Phi) is 10.5. The van der Waals surface area contributed by atoms with Crippen LogP contribution in [0.3, 0.4) is 0 Å². The summed E-state index contributed by atoms with van der Waals surface area (Å²) in [6.07, 6.45) is 7.83. The summed E-state index contributed by atoms with van der Waals surface area (Å²) in [5.41, 5.74) is 0. The molecule has 0 heterocycles. The van der Waals surface area contributed by atoms with Crippen LogP contribution < -0.4 is 10.6 Å². The zero-order valence-electron chi connectivity index (χ0n) is 12.6. The van der Waals surface area contributed by atoms with Crippen LogP contribution in [0.2, 0.25) is 0 Å². The minimum absolute atomic E-state index is 0. The van der Waals surface area contributed by atoms with E-state index < -0.39 is 0 Å². The van der Waals surface area contributed by atoms with Gasteiger partial charge in [0, 0.05) is 33.1 Å². The summed E-state index contributed by atoms with van der Waals surface area (Å²) in [5, 5.41) is 6.33. The Morgan fingerprint density at radius 1 is 1.10 bits per heavy atom. The quantitative estimate of drug-likeness (QED) is 0.575. The lowest BCUT2D eigenvalue weighted by molar-refractivity contribution is -0.133. The van der Waals surface area contributed by atoms with Crippen molar-refractivity contribution in [3.63, 3.8) is 0 Å². The summed E-state index contributed by atoms with van der Waals surface area (Å²) < 4.78 is 0. The van der Waals surface area contributed by atoms with Crippen molar-refractivity contribution < 1.29 is 9.59 Å². The molecule has 0 aromatic rings. The van der Waals surface area contributed by atoms with Gasteiger partial charge in [0.1, 0.15) is 0 Å². The second kappa shape index (κ2) is 10.9. The van der Waals surface area contributed by atoms with Crippen LogP contribution in [0.5, 0.6) is 0 Å². The van der Waals surface area contributed by atoms with Crippen LogP contribution >= 0.6 is 12.4 Å². The summed E-state index contributed by atoms with van der Waals surface area (Å²) in [4.78, 5) is 23.9. The third kappa shape index (κ3) is 8.38. The number of amides is 2. The van der Waals surface area contributed by atoms with Crippen molar-refractivity contribution in [1.29, 1.82) is 0 Å². The molecule has 1 fully saturated rings. The second-order valence-electron chi connectivity index (χ2n) is 5.37. The van der Waals surface area contributed by atoms with Gasteiger partial charge in [0.05, 0.1) is 6.54 Å². The molecule has 2 N–H and O–H groups in total. The topological polar surface area (TPSA) is 61.4 Å². The lowest BCUT2D eigenvalue weighted by atomic mass is 10.1. The van der Waals surface area contributed by atoms with Gasteiger partial charge in [0.2, 0.25) is 11.8 Å². The first kappa shape index (κ1) is 19.2. The largest absolute Gasteiger partial charge is 0.353 e. The third-order valence-corrected chi connectivity index (χ3v) is 3.65. The van der Waals surface area contributed by atoms with Crippen molar-refractivity contribution in [2.45, 2.75) is 51.5 Å². The molecule has 0 aliphatic heterocycles. The van der Waals surface area contributed by atoms with Crippen LogP contribution in [-0.2, 0) is 9.59 Å². The van der Waals surface area contributed by atoms with Gasteiger partial charge in [-0.1, -0.05) is 25.7 Å². The number of hydrogen-bond acceptors (Lipinski definition) is 3. The first-order chi connectivity index (χ1) is 9.09. The van der Waals surface area contributed by atoms with E-state index in [2.05, 4.69) is 10.6 Å². The SMILES string of the molecule is CC(=O)N(C)CC(=O)NCCNC1CCCCCC1.Cl. The Hall–Kier alpha value is -0.810. The Bertz CT molecular complexity index is 292. The molecule has 0 saturated heterocycles. The number of likely N-dealkylation sites (N-methyl/N-ethyl adjacent to an activating group) is 1. The van der Waals surface area contributed by atoms with E-state index in [1.54, 1.807) is 7.05 Å². The van der Waals surface area contributed by atoms with Gasteiger partial charge in [0.15, 0.2) is 0 Å². The molecule has 5 nitrogen and oxygen atoms in total. The van der Waals surface area contributed by atoms with Gasteiger partial charge in [-0.05, 0) is 12.8 Å². The van der Waals surface area contributed by atoms with Crippen LogP contribution in [-0.4, -0.2) is 49.4 Å². The van der Waals surface area contributed by atoms with E-state index >= 15 is 0 Å². The van der Waals surface area contributed by atoms with E-state index in [1.807, 2.05) is 0 Å². The van der Waals surface area contributed by atoms with Gasteiger partial charge in [0.25, 0.3) is 0 Å². The molecule has 1 aliphatic rings. The lowest BCUT2D eigenvalue weighted by Gasteiger charge is -2.17. The van der Waals surface area contributed by atoms with Crippen LogP contribution in [0.4, 0.5) is 0 Å². The van der Waals surface area contributed by atoms with Crippen molar-refractivity contribution in [2.24, 2.45) is 0 Å². The molecule has 0 aromatic heterocycles. The maximum absolute atomic E-state index is 11.5. The van der Waals surface area contributed by atoms with E-state index in [9.17, 15) is 9.59 Å². The van der Waals surface area contributed by atoms with E-state index in [-0.39, 0.29) is 30.8 Å². The molecule has 1 rings (SSSR count).